The zero-order valence-electron chi connectivity index (χ0n) is 13.1. The molecule has 0 bridgehead atoms. The van der Waals surface area contributed by atoms with E-state index in [1.165, 1.54) is 57.1 Å². The topological polar surface area (TPSA) is 17.8 Å². The fraction of sp³-hybridized carbons (Fsp3) is 0.824. The molecule has 0 aromatic carbocycles. The molecule has 1 aromatic rings. The molecule has 3 heteroatoms. The van der Waals surface area contributed by atoms with Gasteiger partial charge in [0.15, 0.2) is 0 Å². The van der Waals surface area contributed by atoms with Crippen LogP contribution in [0.1, 0.15) is 76.9 Å². The second-order valence-corrected chi connectivity index (χ2v) is 7.05. The number of nitrogens with zero attached hydrogens (tertiary/aromatic N) is 2. The van der Waals surface area contributed by atoms with Crippen molar-refractivity contribution in [3.05, 3.63) is 18.0 Å². The largest absolute Gasteiger partial charge is 0.269 e. The van der Waals surface area contributed by atoms with Crippen LogP contribution < -0.4 is 0 Å². The van der Waals surface area contributed by atoms with Gasteiger partial charge in [0.05, 0.1) is 11.7 Å². The molecule has 1 aliphatic carbocycles. The van der Waals surface area contributed by atoms with Crippen LogP contribution in [0.2, 0.25) is 0 Å². The Labute approximate surface area is 132 Å². The van der Waals surface area contributed by atoms with Crippen molar-refractivity contribution in [2.75, 3.05) is 5.33 Å². The SMILES string of the molecule is CCCCC(CC)(CBr)Cc1ccn(C2CCCC2)n1. The molecule has 1 saturated carbocycles. The molecule has 1 fully saturated rings. The third kappa shape index (κ3) is 3.87. The molecule has 114 valence electrons. The van der Waals surface area contributed by atoms with Gasteiger partial charge in [-0.2, -0.15) is 5.10 Å². The van der Waals surface area contributed by atoms with E-state index >= 15 is 0 Å². The summed E-state index contributed by atoms with van der Waals surface area (Å²) in [7, 11) is 0. The molecule has 0 aliphatic heterocycles. The Balaban J connectivity index is 2.02. The van der Waals surface area contributed by atoms with Crippen molar-refractivity contribution in [2.45, 2.75) is 77.7 Å². The monoisotopic (exact) mass is 340 g/mol. The van der Waals surface area contributed by atoms with Crippen molar-refractivity contribution >= 4 is 15.9 Å². The average Bonchev–Trinajstić information content (AvgIpc) is 3.14. The first-order chi connectivity index (χ1) is 9.73. The van der Waals surface area contributed by atoms with Crippen molar-refractivity contribution in [3.63, 3.8) is 0 Å². The molecule has 1 atom stereocenters. The Kier molecular flexibility index (Phi) is 6.13. The van der Waals surface area contributed by atoms with Crippen LogP contribution in [0.5, 0.6) is 0 Å². The van der Waals surface area contributed by atoms with E-state index in [-0.39, 0.29) is 0 Å². The van der Waals surface area contributed by atoms with Crippen molar-refractivity contribution in [2.24, 2.45) is 5.41 Å². The predicted octanol–water partition coefficient (Wildman–Crippen LogP) is 5.52. The molecule has 1 aromatic heterocycles. The summed E-state index contributed by atoms with van der Waals surface area (Å²) < 4.78 is 2.23. The number of rotatable bonds is 8. The summed E-state index contributed by atoms with van der Waals surface area (Å²) in [5.74, 6) is 0. The van der Waals surface area contributed by atoms with Gasteiger partial charge in [-0.15, -0.1) is 0 Å². The normalized spacial score (nSPS) is 19.4. The van der Waals surface area contributed by atoms with Gasteiger partial charge in [0.25, 0.3) is 0 Å². The first-order valence-corrected chi connectivity index (χ1v) is 9.45. The second-order valence-electron chi connectivity index (χ2n) is 6.49. The number of hydrogen-bond acceptors (Lipinski definition) is 1. The van der Waals surface area contributed by atoms with Gasteiger partial charge in [-0.3, -0.25) is 4.68 Å². The van der Waals surface area contributed by atoms with Gasteiger partial charge in [0, 0.05) is 11.5 Å². The Bertz CT molecular complexity index is 389. The Morgan fingerprint density at radius 3 is 2.70 bits per heavy atom. The predicted molar refractivity (Wildman–Crippen MR) is 89.5 cm³/mol. The molecule has 0 saturated heterocycles. The minimum atomic E-state index is 0.394. The van der Waals surface area contributed by atoms with Crippen LogP contribution in [0.3, 0.4) is 0 Å². The molecule has 1 aliphatic rings. The van der Waals surface area contributed by atoms with Crippen LogP contribution in [-0.2, 0) is 6.42 Å². The lowest BCUT2D eigenvalue weighted by atomic mass is 9.78. The van der Waals surface area contributed by atoms with Crippen molar-refractivity contribution < 1.29 is 0 Å². The van der Waals surface area contributed by atoms with Crippen LogP contribution in [0.15, 0.2) is 12.3 Å². The van der Waals surface area contributed by atoms with E-state index in [1.54, 1.807) is 0 Å². The van der Waals surface area contributed by atoms with Gasteiger partial charge in [-0.05, 0) is 43.6 Å². The molecule has 0 radical (unpaired) electrons. The fourth-order valence-electron chi connectivity index (χ4n) is 3.38. The third-order valence-electron chi connectivity index (χ3n) is 5.01. The summed E-state index contributed by atoms with van der Waals surface area (Å²) in [5, 5.41) is 5.97. The van der Waals surface area contributed by atoms with Crippen molar-refractivity contribution in [1.82, 2.24) is 9.78 Å². The van der Waals surface area contributed by atoms with Gasteiger partial charge in [-0.1, -0.05) is 55.5 Å². The minimum absolute atomic E-state index is 0.394. The molecular weight excluding hydrogens is 312 g/mol. The highest BCUT2D eigenvalue weighted by Gasteiger charge is 2.28. The number of alkyl halides is 1. The lowest BCUT2D eigenvalue weighted by Gasteiger charge is -2.30. The third-order valence-corrected chi connectivity index (χ3v) is 6.20. The lowest BCUT2D eigenvalue weighted by Crippen LogP contribution is -2.25. The lowest BCUT2D eigenvalue weighted by molar-refractivity contribution is 0.279. The first-order valence-electron chi connectivity index (χ1n) is 8.33. The summed E-state index contributed by atoms with van der Waals surface area (Å²) >= 11 is 3.76. The zero-order valence-corrected chi connectivity index (χ0v) is 14.7. The molecule has 2 rings (SSSR count). The quantitative estimate of drug-likeness (QED) is 0.569. The Morgan fingerprint density at radius 1 is 1.35 bits per heavy atom. The van der Waals surface area contributed by atoms with E-state index < -0.39 is 0 Å². The van der Waals surface area contributed by atoms with Crippen LogP contribution in [0, 0.1) is 5.41 Å². The molecule has 0 spiro atoms. The van der Waals surface area contributed by atoms with Crippen LogP contribution in [-0.4, -0.2) is 15.1 Å². The van der Waals surface area contributed by atoms with Crippen molar-refractivity contribution in [1.29, 1.82) is 0 Å². The molecule has 0 amide bonds. The highest BCUT2D eigenvalue weighted by molar-refractivity contribution is 9.09. The second kappa shape index (κ2) is 7.63. The Hall–Kier alpha value is -0.310. The number of halogens is 1. The number of unbranched alkanes of at least 4 members (excludes halogenated alkanes) is 1. The summed E-state index contributed by atoms with van der Waals surface area (Å²) in [6.07, 6.45) is 13.8. The highest BCUT2D eigenvalue weighted by Crippen LogP contribution is 2.35. The first kappa shape index (κ1) is 16.1. The number of hydrogen-bond donors (Lipinski definition) is 0. The van der Waals surface area contributed by atoms with E-state index in [2.05, 4.69) is 46.7 Å². The van der Waals surface area contributed by atoms with Crippen LogP contribution in [0.25, 0.3) is 0 Å². The maximum absolute atomic E-state index is 4.88. The summed E-state index contributed by atoms with van der Waals surface area (Å²) in [6, 6.07) is 2.91. The highest BCUT2D eigenvalue weighted by atomic mass is 79.9. The Morgan fingerprint density at radius 2 is 2.10 bits per heavy atom. The van der Waals surface area contributed by atoms with Gasteiger partial charge in [0.2, 0.25) is 0 Å². The van der Waals surface area contributed by atoms with E-state index in [4.69, 9.17) is 5.10 Å². The van der Waals surface area contributed by atoms with Crippen LogP contribution >= 0.6 is 15.9 Å². The minimum Gasteiger partial charge on any atom is -0.269 e. The molecule has 2 nitrogen and oxygen atoms in total. The number of aromatic nitrogens is 2. The van der Waals surface area contributed by atoms with Gasteiger partial charge >= 0.3 is 0 Å². The van der Waals surface area contributed by atoms with E-state index in [0.717, 1.165) is 11.8 Å². The average molecular weight is 341 g/mol. The van der Waals surface area contributed by atoms with E-state index in [1.807, 2.05) is 0 Å². The van der Waals surface area contributed by atoms with Gasteiger partial charge < -0.3 is 0 Å². The van der Waals surface area contributed by atoms with Crippen LogP contribution in [0.4, 0.5) is 0 Å². The zero-order chi connectivity index (χ0) is 14.4. The smallest absolute Gasteiger partial charge is 0.0630 e. The molecule has 1 unspecified atom stereocenters. The van der Waals surface area contributed by atoms with Crippen molar-refractivity contribution in [3.8, 4) is 0 Å². The maximum Gasteiger partial charge on any atom is 0.0630 e. The van der Waals surface area contributed by atoms with E-state index in [0.29, 0.717) is 11.5 Å². The molecule has 0 N–H and O–H groups in total. The standard InChI is InChI=1S/C17H29BrN2/c1-3-5-11-17(4-2,14-18)13-15-10-12-20(19-15)16-8-6-7-9-16/h10,12,16H,3-9,11,13-14H2,1-2H3. The fourth-order valence-corrected chi connectivity index (χ4v) is 4.25. The molecule has 1 heterocycles. The molecular formula is C17H29BrN2. The summed E-state index contributed by atoms with van der Waals surface area (Å²) in [6.45, 7) is 4.61. The van der Waals surface area contributed by atoms with Gasteiger partial charge in [-0.25, -0.2) is 0 Å². The summed E-state index contributed by atoms with van der Waals surface area (Å²) in [5.41, 5.74) is 1.68. The van der Waals surface area contributed by atoms with Gasteiger partial charge in [0.1, 0.15) is 0 Å². The van der Waals surface area contributed by atoms with E-state index in [9.17, 15) is 0 Å². The summed E-state index contributed by atoms with van der Waals surface area (Å²) in [4.78, 5) is 0. The molecule has 20 heavy (non-hydrogen) atoms. The maximum atomic E-state index is 4.88.